The molecule has 0 aliphatic carbocycles. The SMILES string of the molecule is COc1ccc(CCc2nnc(C3CCCOC3)o2)cc1Cl. The molecule has 118 valence electrons. The number of aromatic nitrogens is 2. The minimum Gasteiger partial charge on any atom is -0.495 e. The van der Waals surface area contributed by atoms with Crippen molar-refractivity contribution in [2.45, 2.75) is 31.6 Å². The summed E-state index contributed by atoms with van der Waals surface area (Å²) >= 11 is 6.13. The van der Waals surface area contributed by atoms with E-state index < -0.39 is 0 Å². The lowest BCUT2D eigenvalue weighted by Gasteiger charge is -2.18. The molecule has 5 nitrogen and oxygen atoms in total. The van der Waals surface area contributed by atoms with Crippen molar-refractivity contribution in [3.05, 3.63) is 40.6 Å². The van der Waals surface area contributed by atoms with Crippen molar-refractivity contribution in [3.8, 4) is 5.75 Å². The smallest absolute Gasteiger partial charge is 0.221 e. The van der Waals surface area contributed by atoms with Gasteiger partial charge in [-0.25, -0.2) is 0 Å². The molecule has 6 heteroatoms. The summed E-state index contributed by atoms with van der Waals surface area (Å²) in [6.07, 6.45) is 3.60. The lowest BCUT2D eigenvalue weighted by molar-refractivity contribution is 0.0721. The molecule has 2 aromatic rings. The third-order valence-electron chi connectivity index (χ3n) is 3.84. The zero-order chi connectivity index (χ0) is 15.4. The summed E-state index contributed by atoms with van der Waals surface area (Å²) in [6, 6.07) is 5.78. The van der Waals surface area contributed by atoms with Crippen LogP contribution in [-0.4, -0.2) is 30.5 Å². The molecule has 0 radical (unpaired) electrons. The van der Waals surface area contributed by atoms with Crippen molar-refractivity contribution in [1.82, 2.24) is 10.2 Å². The summed E-state index contributed by atoms with van der Waals surface area (Å²) in [5, 5.41) is 8.90. The number of hydrogen-bond donors (Lipinski definition) is 0. The number of methoxy groups -OCH3 is 1. The highest BCUT2D eigenvalue weighted by Crippen LogP contribution is 2.26. The first-order valence-corrected chi connectivity index (χ1v) is 7.86. The quantitative estimate of drug-likeness (QED) is 0.844. The molecule has 1 fully saturated rings. The lowest BCUT2D eigenvalue weighted by Crippen LogP contribution is -2.15. The number of ether oxygens (including phenoxy) is 2. The average molecular weight is 323 g/mol. The van der Waals surface area contributed by atoms with E-state index in [1.54, 1.807) is 7.11 Å². The first kappa shape index (κ1) is 15.3. The van der Waals surface area contributed by atoms with Crippen molar-refractivity contribution < 1.29 is 13.9 Å². The van der Waals surface area contributed by atoms with E-state index in [0.717, 1.165) is 31.4 Å². The maximum Gasteiger partial charge on any atom is 0.221 e. The number of nitrogens with zero attached hydrogens (tertiary/aromatic N) is 2. The highest BCUT2D eigenvalue weighted by atomic mass is 35.5. The van der Waals surface area contributed by atoms with Gasteiger partial charge in [0.15, 0.2) is 0 Å². The number of rotatable bonds is 5. The van der Waals surface area contributed by atoms with Gasteiger partial charge in [-0.2, -0.15) is 0 Å². The highest BCUT2D eigenvalue weighted by molar-refractivity contribution is 6.32. The molecule has 1 unspecified atom stereocenters. The Balaban J connectivity index is 1.59. The van der Waals surface area contributed by atoms with E-state index in [1.807, 2.05) is 18.2 Å². The van der Waals surface area contributed by atoms with Gasteiger partial charge in [0.1, 0.15) is 5.75 Å². The van der Waals surface area contributed by atoms with Gasteiger partial charge in [0.25, 0.3) is 0 Å². The van der Waals surface area contributed by atoms with Crippen LogP contribution in [0.4, 0.5) is 0 Å². The van der Waals surface area contributed by atoms with Crippen molar-refractivity contribution in [3.63, 3.8) is 0 Å². The van der Waals surface area contributed by atoms with Crippen LogP contribution in [-0.2, 0) is 17.6 Å². The topological polar surface area (TPSA) is 57.4 Å². The molecule has 0 bridgehead atoms. The Morgan fingerprint density at radius 3 is 2.95 bits per heavy atom. The van der Waals surface area contributed by atoms with Crippen LogP contribution in [0.2, 0.25) is 5.02 Å². The molecular weight excluding hydrogens is 304 g/mol. The molecule has 1 aliphatic rings. The normalized spacial score (nSPS) is 18.4. The molecule has 1 aromatic carbocycles. The summed E-state index contributed by atoms with van der Waals surface area (Å²) in [5.41, 5.74) is 1.12. The largest absolute Gasteiger partial charge is 0.495 e. The van der Waals surface area contributed by atoms with Gasteiger partial charge in [0.05, 0.1) is 24.7 Å². The second kappa shape index (κ2) is 7.11. The Hall–Kier alpha value is -1.59. The zero-order valence-electron chi connectivity index (χ0n) is 12.5. The summed E-state index contributed by atoms with van der Waals surface area (Å²) in [6.45, 7) is 1.51. The maximum absolute atomic E-state index is 6.13. The minimum atomic E-state index is 0.241. The van der Waals surface area contributed by atoms with E-state index >= 15 is 0 Å². The molecule has 2 heterocycles. The van der Waals surface area contributed by atoms with Gasteiger partial charge >= 0.3 is 0 Å². The maximum atomic E-state index is 6.13. The van der Waals surface area contributed by atoms with Crippen LogP contribution < -0.4 is 4.74 Å². The highest BCUT2D eigenvalue weighted by Gasteiger charge is 2.21. The fraction of sp³-hybridized carbons (Fsp3) is 0.500. The van der Waals surface area contributed by atoms with Gasteiger partial charge in [-0.1, -0.05) is 17.7 Å². The molecule has 1 aromatic heterocycles. The van der Waals surface area contributed by atoms with E-state index in [0.29, 0.717) is 35.6 Å². The van der Waals surface area contributed by atoms with Crippen molar-refractivity contribution >= 4 is 11.6 Å². The van der Waals surface area contributed by atoms with E-state index in [1.165, 1.54) is 0 Å². The van der Waals surface area contributed by atoms with Crippen molar-refractivity contribution in [2.24, 2.45) is 0 Å². The van der Waals surface area contributed by atoms with E-state index in [9.17, 15) is 0 Å². The molecule has 0 N–H and O–H groups in total. The Bertz CT molecular complexity index is 624. The van der Waals surface area contributed by atoms with Gasteiger partial charge in [0, 0.05) is 13.0 Å². The third-order valence-corrected chi connectivity index (χ3v) is 4.13. The summed E-state index contributed by atoms with van der Waals surface area (Å²) < 4.78 is 16.4. The number of halogens is 1. The monoisotopic (exact) mass is 322 g/mol. The fourth-order valence-electron chi connectivity index (χ4n) is 2.58. The Morgan fingerprint density at radius 2 is 2.23 bits per heavy atom. The summed E-state index contributed by atoms with van der Waals surface area (Å²) in [4.78, 5) is 0. The minimum absolute atomic E-state index is 0.241. The second-order valence-electron chi connectivity index (χ2n) is 5.42. The Labute approximate surface area is 134 Å². The van der Waals surface area contributed by atoms with Crippen LogP contribution in [0.1, 0.15) is 36.1 Å². The average Bonchev–Trinajstić information content (AvgIpc) is 3.03. The van der Waals surface area contributed by atoms with Crippen LogP contribution in [0.25, 0.3) is 0 Å². The molecule has 0 saturated carbocycles. The standard InChI is InChI=1S/C16H19ClN2O3/c1-20-14-6-4-11(9-13(14)17)5-7-15-18-19-16(22-15)12-3-2-8-21-10-12/h4,6,9,12H,2-3,5,7-8,10H2,1H3. The van der Waals surface area contributed by atoms with E-state index in [-0.39, 0.29) is 5.92 Å². The van der Waals surface area contributed by atoms with Crippen molar-refractivity contribution in [1.29, 1.82) is 0 Å². The Kier molecular flexibility index (Phi) is 4.95. The van der Waals surface area contributed by atoms with Crippen LogP contribution >= 0.6 is 11.6 Å². The number of hydrogen-bond acceptors (Lipinski definition) is 5. The van der Waals surface area contributed by atoms with Gasteiger partial charge < -0.3 is 13.9 Å². The lowest BCUT2D eigenvalue weighted by atomic mass is 10.0. The van der Waals surface area contributed by atoms with E-state index in [4.69, 9.17) is 25.5 Å². The van der Waals surface area contributed by atoms with Gasteiger partial charge in [-0.05, 0) is 37.0 Å². The predicted molar refractivity (Wildman–Crippen MR) is 82.5 cm³/mol. The van der Waals surface area contributed by atoms with Crippen LogP contribution in [0.3, 0.4) is 0 Å². The molecule has 1 atom stereocenters. The molecule has 0 spiro atoms. The summed E-state index contributed by atoms with van der Waals surface area (Å²) in [7, 11) is 1.61. The van der Waals surface area contributed by atoms with E-state index in [2.05, 4.69) is 10.2 Å². The van der Waals surface area contributed by atoms with Crippen molar-refractivity contribution in [2.75, 3.05) is 20.3 Å². The first-order chi connectivity index (χ1) is 10.8. The zero-order valence-corrected chi connectivity index (χ0v) is 13.3. The fourth-order valence-corrected chi connectivity index (χ4v) is 2.87. The molecule has 0 amide bonds. The third kappa shape index (κ3) is 3.59. The van der Waals surface area contributed by atoms with Gasteiger partial charge in [-0.15, -0.1) is 10.2 Å². The molecule has 3 rings (SSSR count). The van der Waals surface area contributed by atoms with Crippen LogP contribution in [0, 0.1) is 0 Å². The molecule has 1 aliphatic heterocycles. The van der Waals surface area contributed by atoms with Gasteiger partial charge in [-0.3, -0.25) is 0 Å². The Morgan fingerprint density at radius 1 is 1.32 bits per heavy atom. The molecule has 22 heavy (non-hydrogen) atoms. The number of aryl methyl sites for hydroxylation is 2. The molecular formula is C16H19ClN2O3. The van der Waals surface area contributed by atoms with Crippen LogP contribution in [0.15, 0.2) is 22.6 Å². The second-order valence-corrected chi connectivity index (χ2v) is 5.82. The van der Waals surface area contributed by atoms with Gasteiger partial charge in [0.2, 0.25) is 11.8 Å². The predicted octanol–water partition coefficient (Wildman–Crippen LogP) is 3.41. The van der Waals surface area contributed by atoms with Crippen LogP contribution in [0.5, 0.6) is 5.75 Å². The summed E-state index contributed by atoms with van der Waals surface area (Å²) in [5.74, 6) is 2.28. The first-order valence-electron chi connectivity index (χ1n) is 7.48. The number of benzene rings is 1. The molecule has 1 saturated heterocycles.